The van der Waals surface area contributed by atoms with Gasteiger partial charge in [-0.25, -0.2) is 0 Å². The number of nitrogens with zero attached hydrogens (tertiary/aromatic N) is 1. The fourth-order valence-electron chi connectivity index (χ4n) is 3.07. The van der Waals surface area contributed by atoms with Crippen molar-refractivity contribution >= 4 is 0 Å². The number of hydrogen-bond acceptors (Lipinski definition) is 3. The molecule has 2 atom stereocenters. The monoisotopic (exact) mass is 262 g/mol. The summed E-state index contributed by atoms with van der Waals surface area (Å²) in [6, 6.07) is 7.45. The molecular formula is C16H26N2O. The Morgan fingerprint density at radius 1 is 1.37 bits per heavy atom. The molecule has 0 spiro atoms. The molecule has 0 amide bonds. The van der Waals surface area contributed by atoms with Gasteiger partial charge in [-0.15, -0.1) is 0 Å². The maximum atomic E-state index is 5.92. The Bertz CT molecular complexity index is 431. The SMILES string of the molecule is Cc1ccc(C2C(CN)OCCN2C(C)C)c(C)c1. The van der Waals surface area contributed by atoms with Gasteiger partial charge < -0.3 is 10.5 Å². The molecule has 2 unspecified atom stereocenters. The minimum Gasteiger partial charge on any atom is -0.374 e. The normalized spacial score (nSPS) is 24.9. The molecule has 1 saturated heterocycles. The standard InChI is InChI=1S/C16H26N2O/c1-11(2)18-7-8-19-15(10-17)16(18)14-6-5-12(3)9-13(14)4/h5-6,9,11,15-16H,7-8,10,17H2,1-4H3. The maximum Gasteiger partial charge on any atom is 0.0894 e. The van der Waals surface area contributed by atoms with Gasteiger partial charge in [-0.1, -0.05) is 23.8 Å². The third-order valence-corrected chi connectivity index (χ3v) is 4.03. The van der Waals surface area contributed by atoms with Crippen LogP contribution in [0.2, 0.25) is 0 Å². The van der Waals surface area contributed by atoms with E-state index in [2.05, 4.69) is 50.8 Å². The van der Waals surface area contributed by atoms with E-state index in [1.807, 2.05) is 0 Å². The second-order valence-corrected chi connectivity index (χ2v) is 5.78. The zero-order valence-corrected chi connectivity index (χ0v) is 12.5. The van der Waals surface area contributed by atoms with Crippen LogP contribution >= 0.6 is 0 Å². The summed E-state index contributed by atoms with van der Waals surface area (Å²) in [5.74, 6) is 0. The minimum atomic E-state index is 0.0950. The predicted molar refractivity (Wildman–Crippen MR) is 79.3 cm³/mol. The van der Waals surface area contributed by atoms with E-state index in [9.17, 15) is 0 Å². The van der Waals surface area contributed by atoms with E-state index in [0.717, 1.165) is 13.2 Å². The highest BCUT2D eigenvalue weighted by Crippen LogP contribution is 2.33. The van der Waals surface area contributed by atoms with Crippen LogP contribution in [0.3, 0.4) is 0 Å². The molecule has 0 bridgehead atoms. The van der Waals surface area contributed by atoms with Gasteiger partial charge in [0, 0.05) is 19.1 Å². The Balaban J connectivity index is 2.39. The number of morpholine rings is 1. The molecule has 1 fully saturated rings. The van der Waals surface area contributed by atoms with Crippen molar-refractivity contribution in [2.24, 2.45) is 5.73 Å². The Kier molecular flexibility index (Phi) is 4.61. The van der Waals surface area contributed by atoms with Crippen LogP contribution in [0.5, 0.6) is 0 Å². The molecule has 2 N–H and O–H groups in total. The first-order valence-electron chi connectivity index (χ1n) is 7.19. The summed E-state index contributed by atoms with van der Waals surface area (Å²) in [5, 5.41) is 0. The van der Waals surface area contributed by atoms with E-state index < -0.39 is 0 Å². The average molecular weight is 262 g/mol. The summed E-state index contributed by atoms with van der Waals surface area (Å²) in [7, 11) is 0. The van der Waals surface area contributed by atoms with E-state index in [0.29, 0.717) is 12.6 Å². The van der Waals surface area contributed by atoms with Crippen LogP contribution < -0.4 is 5.73 Å². The fraction of sp³-hybridized carbons (Fsp3) is 0.625. The lowest BCUT2D eigenvalue weighted by Gasteiger charge is -2.44. The van der Waals surface area contributed by atoms with Crippen LogP contribution in [-0.4, -0.2) is 36.7 Å². The average Bonchev–Trinajstić information content (AvgIpc) is 2.38. The molecule has 1 aliphatic rings. The van der Waals surface area contributed by atoms with Crippen LogP contribution in [0, 0.1) is 13.8 Å². The van der Waals surface area contributed by atoms with Crippen molar-refractivity contribution in [1.29, 1.82) is 0 Å². The molecule has 1 aromatic rings. The molecule has 0 radical (unpaired) electrons. The highest BCUT2D eigenvalue weighted by Gasteiger charge is 2.34. The summed E-state index contributed by atoms with van der Waals surface area (Å²) >= 11 is 0. The Hall–Kier alpha value is -0.900. The van der Waals surface area contributed by atoms with Crippen molar-refractivity contribution in [2.75, 3.05) is 19.7 Å². The molecule has 1 heterocycles. The number of aryl methyl sites for hydroxylation is 2. The van der Waals surface area contributed by atoms with Crippen LogP contribution in [0.25, 0.3) is 0 Å². The number of ether oxygens (including phenoxy) is 1. The topological polar surface area (TPSA) is 38.5 Å². The first-order chi connectivity index (χ1) is 9.04. The van der Waals surface area contributed by atoms with Crippen molar-refractivity contribution in [3.8, 4) is 0 Å². The van der Waals surface area contributed by atoms with Crippen LogP contribution in [0.1, 0.15) is 36.6 Å². The molecule has 3 heteroatoms. The summed E-state index contributed by atoms with van der Waals surface area (Å²) in [5.41, 5.74) is 9.91. The molecule has 2 rings (SSSR count). The van der Waals surface area contributed by atoms with Crippen LogP contribution in [0.4, 0.5) is 0 Å². The van der Waals surface area contributed by atoms with E-state index >= 15 is 0 Å². The fourth-order valence-corrected chi connectivity index (χ4v) is 3.07. The van der Waals surface area contributed by atoms with E-state index in [-0.39, 0.29) is 12.1 Å². The number of rotatable bonds is 3. The van der Waals surface area contributed by atoms with Crippen molar-refractivity contribution in [1.82, 2.24) is 4.90 Å². The van der Waals surface area contributed by atoms with Crippen molar-refractivity contribution < 1.29 is 4.74 Å². The van der Waals surface area contributed by atoms with Gasteiger partial charge in [-0.05, 0) is 38.8 Å². The van der Waals surface area contributed by atoms with Gasteiger partial charge in [0.2, 0.25) is 0 Å². The highest BCUT2D eigenvalue weighted by molar-refractivity contribution is 5.34. The number of nitrogens with two attached hydrogens (primary N) is 1. The first-order valence-corrected chi connectivity index (χ1v) is 7.19. The van der Waals surface area contributed by atoms with Crippen molar-refractivity contribution in [3.05, 3.63) is 34.9 Å². The zero-order chi connectivity index (χ0) is 14.0. The van der Waals surface area contributed by atoms with Crippen molar-refractivity contribution in [3.63, 3.8) is 0 Å². The minimum absolute atomic E-state index is 0.0950. The first kappa shape index (κ1) is 14.5. The summed E-state index contributed by atoms with van der Waals surface area (Å²) < 4.78 is 5.89. The largest absolute Gasteiger partial charge is 0.374 e. The van der Waals surface area contributed by atoms with Gasteiger partial charge in [-0.2, -0.15) is 0 Å². The van der Waals surface area contributed by atoms with Gasteiger partial charge in [0.25, 0.3) is 0 Å². The Labute approximate surface area is 116 Å². The lowest BCUT2D eigenvalue weighted by atomic mass is 9.92. The smallest absolute Gasteiger partial charge is 0.0894 e. The lowest BCUT2D eigenvalue weighted by molar-refractivity contribution is -0.0791. The molecule has 19 heavy (non-hydrogen) atoms. The van der Waals surface area contributed by atoms with Gasteiger partial charge in [-0.3, -0.25) is 4.90 Å². The second-order valence-electron chi connectivity index (χ2n) is 5.78. The summed E-state index contributed by atoms with van der Waals surface area (Å²) in [6.45, 7) is 11.1. The molecule has 1 aromatic carbocycles. The van der Waals surface area contributed by atoms with Gasteiger partial charge in [0.1, 0.15) is 0 Å². The molecule has 0 aromatic heterocycles. The molecule has 3 nitrogen and oxygen atoms in total. The second kappa shape index (κ2) is 6.04. The quantitative estimate of drug-likeness (QED) is 0.909. The van der Waals surface area contributed by atoms with Gasteiger partial charge in [0.15, 0.2) is 0 Å². The van der Waals surface area contributed by atoms with Crippen molar-refractivity contribution in [2.45, 2.75) is 45.9 Å². The van der Waals surface area contributed by atoms with E-state index in [4.69, 9.17) is 10.5 Å². The predicted octanol–water partition coefficient (Wildman–Crippen LogP) is 2.41. The Morgan fingerprint density at radius 2 is 2.11 bits per heavy atom. The Morgan fingerprint density at radius 3 is 2.68 bits per heavy atom. The van der Waals surface area contributed by atoms with Crippen LogP contribution in [0.15, 0.2) is 18.2 Å². The van der Waals surface area contributed by atoms with Crippen LogP contribution in [-0.2, 0) is 4.74 Å². The van der Waals surface area contributed by atoms with Gasteiger partial charge >= 0.3 is 0 Å². The number of benzene rings is 1. The molecule has 0 aliphatic carbocycles. The van der Waals surface area contributed by atoms with E-state index in [1.54, 1.807) is 0 Å². The third-order valence-electron chi connectivity index (χ3n) is 4.03. The maximum absolute atomic E-state index is 5.92. The summed E-state index contributed by atoms with van der Waals surface area (Å²) in [6.07, 6.45) is 0.0950. The molecular weight excluding hydrogens is 236 g/mol. The zero-order valence-electron chi connectivity index (χ0n) is 12.5. The molecule has 0 saturated carbocycles. The molecule has 1 aliphatic heterocycles. The molecule has 106 valence electrons. The number of hydrogen-bond donors (Lipinski definition) is 1. The third kappa shape index (κ3) is 2.99. The highest BCUT2D eigenvalue weighted by atomic mass is 16.5. The van der Waals surface area contributed by atoms with E-state index in [1.165, 1.54) is 16.7 Å². The lowest BCUT2D eigenvalue weighted by Crippen LogP contribution is -2.50. The summed E-state index contributed by atoms with van der Waals surface area (Å²) in [4.78, 5) is 2.51. The van der Waals surface area contributed by atoms with Gasteiger partial charge in [0.05, 0.1) is 18.8 Å².